The van der Waals surface area contributed by atoms with E-state index < -0.39 is 0 Å². The molecule has 0 radical (unpaired) electrons. The Balaban J connectivity index is 2.77. The molecule has 2 N–H and O–H groups in total. The quantitative estimate of drug-likeness (QED) is 0.789. The number of pyridine rings is 1. The molecule has 0 bridgehead atoms. The highest BCUT2D eigenvalue weighted by Crippen LogP contribution is 2.13. The minimum Gasteiger partial charge on any atom is -0.393 e. The van der Waals surface area contributed by atoms with Crippen molar-refractivity contribution in [1.82, 2.24) is 4.98 Å². The number of hydrogen-bond acceptors (Lipinski definition) is 3. The van der Waals surface area contributed by atoms with E-state index in [9.17, 15) is 0 Å². The van der Waals surface area contributed by atoms with Crippen molar-refractivity contribution in [1.29, 1.82) is 0 Å². The van der Waals surface area contributed by atoms with Crippen molar-refractivity contribution in [2.75, 3.05) is 18.0 Å². The van der Waals surface area contributed by atoms with Gasteiger partial charge in [0.25, 0.3) is 0 Å². The summed E-state index contributed by atoms with van der Waals surface area (Å²) in [6.45, 7) is 8.21. The van der Waals surface area contributed by atoms with Crippen molar-refractivity contribution >= 4 is 23.0 Å². The van der Waals surface area contributed by atoms with E-state index in [1.165, 1.54) is 0 Å². The number of aromatic nitrogens is 1. The lowest BCUT2D eigenvalue weighted by Crippen LogP contribution is -2.31. The number of hydrogen-bond donors (Lipinski definition) is 1. The number of nitrogens with two attached hydrogens (primary N) is 1. The zero-order valence-corrected chi connectivity index (χ0v) is 11.6. The first-order chi connectivity index (χ1) is 7.99. The Morgan fingerprint density at radius 2 is 2.18 bits per heavy atom. The molecule has 0 spiro atoms. The van der Waals surface area contributed by atoms with Crippen LogP contribution in [0.25, 0.3) is 0 Å². The van der Waals surface area contributed by atoms with Gasteiger partial charge in [0.2, 0.25) is 0 Å². The normalized spacial score (nSPS) is 10.6. The summed E-state index contributed by atoms with van der Waals surface area (Å²) in [6, 6.07) is 6.07. The number of nitrogens with zero attached hydrogens (tertiary/aromatic N) is 2. The summed E-state index contributed by atoms with van der Waals surface area (Å²) in [7, 11) is 0. The highest BCUT2D eigenvalue weighted by atomic mass is 32.1. The van der Waals surface area contributed by atoms with Crippen LogP contribution < -0.4 is 10.6 Å². The maximum atomic E-state index is 5.56. The molecule has 1 aromatic rings. The molecule has 0 saturated carbocycles. The Morgan fingerprint density at radius 3 is 2.71 bits per heavy atom. The molecule has 0 atom stereocenters. The van der Waals surface area contributed by atoms with Crippen LogP contribution in [0.2, 0.25) is 0 Å². The van der Waals surface area contributed by atoms with Gasteiger partial charge in [0.15, 0.2) is 0 Å². The lowest BCUT2D eigenvalue weighted by Gasteiger charge is -2.25. The van der Waals surface area contributed by atoms with E-state index in [4.69, 9.17) is 18.0 Å². The van der Waals surface area contributed by atoms with E-state index in [-0.39, 0.29) is 0 Å². The topological polar surface area (TPSA) is 42.1 Å². The second kappa shape index (κ2) is 6.55. The van der Waals surface area contributed by atoms with Crippen molar-refractivity contribution in [3.05, 3.63) is 23.9 Å². The summed E-state index contributed by atoms with van der Waals surface area (Å²) < 4.78 is 0. The third-order valence-electron chi connectivity index (χ3n) is 2.41. The van der Waals surface area contributed by atoms with Crippen LogP contribution >= 0.6 is 12.2 Å². The van der Waals surface area contributed by atoms with Gasteiger partial charge in [0, 0.05) is 25.2 Å². The number of aryl methyl sites for hydroxylation is 1. The van der Waals surface area contributed by atoms with Crippen molar-refractivity contribution in [2.24, 2.45) is 11.7 Å². The molecule has 0 saturated heterocycles. The molecule has 0 aliphatic carbocycles. The monoisotopic (exact) mass is 251 g/mol. The third kappa shape index (κ3) is 5.13. The van der Waals surface area contributed by atoms with Gasteiger partial charge >= 0.3 is 0 Å². The van der Waals surface area contributed by atoms with Gasteiger partial charge in [-0.3, -0.25) is 0 Å². The van der Waals surface area contributed by atoms with Crippen LogP contribution in [0.15, 0.2) is 18.2 Å². The molecule has 1 heterocycles. The minimum absolute atomic E-state index is 0.561. The van der Waals surface area contributed by atoms with Gasteiger partial charge in [0.05, 0.1) is 4.99 Å². The van der Waals surface area contributed by atoms with E-state index in [1.807, 2.05) is 25.1 Å². The van der Waals surface area contributed by atoms with E-state index in [0.29, 0.717) is 10.9 Å². The van der Waals surface area contributed by atoms with Gasteiger partial charge in [-0.05, 0) is 25.0 Å². The Hall–Kier alpha value is -1.16. The fourth-order valence-electron chi connectivity index (χ4n) is 1.69. The lowest BCUT2D eigenvalue weighted by molar-refractivity contribution is 0.609. The smallest absolute Gasteiger partial charge is 0.128 e. The predicted molar refractivity (Wildman–Crippen MR) is 77.4 cm³/mol. The molecule has 1 aromatic heterocycles. The minimum atomic E-state index is 0.561. The van der Waals surface area contributed by atoms with Gasteiger partial charge in [-0.2, -0.15) is 0 Å². The van der Waals surface area contributed by atoms with Gasteiger partial charge < -0.3 is 10.6 Å². The zero-order chi connectivity index (χ0) is 12.8. The largest absolute Gasteiger partial charge is 0.393 e. The molecular weight excluding hydrogens is 230 g/mol. The van der Waals surface area contributed by atoms with E-state index in [2.05, 4.69) is 23.7 Å². The maximum absolute atomic E-state index is 5.56. The summed E-state index contributed by atoms with van der Waals surface area (Å²) in [6.07, 6.45) is 0.734. The first-order valence-electron chi connectivity index (χ1n) is 5.96. The van der Waals surface area contributed by atoms with E-state index in [1.54, 1.807) is 0 Å². The second-order valence-electron chi connectivity index (χ2n) is 4.69. The predicted octanol–water partition coefficient (Wildman–Crippen LogP) is 2.53. The molecule has 0 unspecified atom stereocenters. The summed E-state index contributed by atoms with van der Waals surface area (Å²) in [5.41, 5.74) is 6.60. The molecule has 0 fully saturated rings. The molecule has 94 valence electrons. The fourth-order valence-corrected chi connectivity index (χ4v) is 1.78. The molecule has 0 aliphatic rings. The van der Waals surface area contributed by atoms with E-state index >= 15 is 0 Å². The molecule has 0 amide bonds. The van der Waals surface area contributed by atoms with Gasteiger partial charge in [-0.15, -0.1) is 0 Å². The highest BCUT2D eigenvalue weighted by molar-refractivity contribution is 7.80. The Kier molecular flexibility index (Phi) is 5.35. The van der Waals surface area contributed by atoms with Crippen LogP contribution in [0.4, 0.5) is 5.82 Å². The molecule has 0 aliphatic heterocycles. The van der Waals surface area contributed by atoms with Crippen molar-refractivity contribution < 1.29 is 0 Å². The fraction of sp³-hybridized carbons (Fsp3) is 0.538. The average Bonchev–Trinajstić information content (AvgIpc) is 2.23. The Morgan fingerprint density at radius 1 is 1.47 bits per heavy atom. The van der Waals surface area contributed by atoms with Crippen molar-refractivity contribution in [3.63, 3.8) is 0 Å². The maximum Gasteiger partial charge on any atom is 0.128 e. The lowest BCUT2D eigenvalue weighted by atomic mass is 10.2. The molecule has 17 heavy (non-hydrogen) atoms. The van der Waals surface area contributed by atoms with Crippen LogP contribution in [-0.2, 0) is 0 Å². The summed E-state index contributed by atoms with van der Waals surface area (Å²) >= 11 is 4.93. The van der Waals surface area contributed by atoms with Crippen LogP contribution in [0, 0.1) is 12.8 Å². The van der Waals surface area contributed by atoms with Gasteiger partial charge in [0.1, 0.15) is 5.82 Å². The van der Waals surface area contributed by atoms with Crippen LogP contribution in [0.3, 0.4) is 0 Å². The van der Waals surface area contributed by atoms with Gasteiger partial charge in [-0.1, -0.05) is 32.1 Å². The molecule has 3 nitrogen and oxygen atoms in total. The highest BCUT2D eigenvalue weighted by Gasteiger charge is 2.10. The Labute approximate surface area is 109 Å². The van der Waals surface area contributed by atoms with E-state index in [0.717, 1.165) is 31.0 Å². The molecule has 0 aromatic carbocycles. The number of rotatable bonds is 6. The average molecular weight is 251 g/mol. The number of thiocarbonyl (C=S) groups is 1. The van der Waals surface area contributed by atoms with Crippen LogP contribution in [0.1, 0.15) is 26.0 Å². The van der Waals surface area contributed by atoms with Crippen LogP contribution in [0.5, 0.6) is 0 Å². The molecule has 4 heteroatoms. The third-order valence-corrected chi connectivity index (χ3v) is 2.62. The summed E-state index contributed by atoms with van der Waals surface area (Å²) in [4.78, 5) is 7.35. The first kappa shape index (κ1) is 13.9. The summed E-state index contributed by atoms with van der Waals surface area (Å²) in [5.74, 6) is 1.60. The second-order valence-corrected chi connectivity index (χ2v) is 5.22. The van der Waals surface area contributed by atoms with Crippen molar-refractivity contribution in [2.45, 2.75) is 27.2 Å². The summed E-state index contributed by atoms with van der Waals surface area (Å²) in [5, 5.41) is 0. The number of anilines is 1. The van der Waals surface area contributed by atoms with Crippen LogP contribution in [-0.4, -0.2) is 23.1 Å². The van der Waals surface area contributed by atoms with Crippen molar-refractivity contribution in [3.8, 4) is 0 Å². The first-order valence-corrected chi connectivity index (χ1v) is 6.36. The molecular formula is C13H21N3S. The Bertz CT molecular complexity index is 377. The van der Waals surface area contributed by atoms with Gasteiger partial charge in [-0.25, -0.2) is 4.98 Å². The zero-order valence-electron chi connectivity index (χ0n) is 10.8. The standard InChI is InChI=1S/C13H21N3S/c1-10(2)9-16(8-7-12(14)17)13-6-4-5-11(3)15-13/h4-6,10H,7-9H2,1-3H3,(H2,14,17). The SMILES string of the molecule is Cc1cccc(N(CCC(N)=S)CC(C)C)n1. The molecule has 1 rings (SSSR count).